The zero-order chi connectivity index (χ0) is 22.0. The number of carbonyl (C=O) groups excluding carboxylic acids is 4. The van der Waals surface area contributed by atoms with E-state index in [1.165, 1.54) is 0 Å². The Bertz CT molecular complexity index is 1010. The number of hydrogen-bond acceptors (Lipinski definition) is 4. The number of fused-ring (bicyclic) bond motifs is 1. The zero-order valence-corrected chi connectivity index (χ0v) is 17.5. The predicted octanol–water partition coefficient (Wildman–Crippen LogP) is 2.40. The lowest BCUT2D eigenvalue weighted by molar-refractivity contribution is -0.132. The maximum atomic E-state index is 12.6. The molecule has 0 atom stereocenters. The first kappa shape index (κ1) is 20.8. The van der Waals surface area contributed by atoms with Gasteiger partial charge in [0.05, 0.1) is 11.1 Å². The summed E-state index contributed by atoms with van der Waals surface area (Å²) in [7, 11) is 0. The largest absolute Gasteiger partial charge is 0.349 e. The molecule has 0 radical (unpaired) electrons. The third kappa shape index (κ3) is 4.35. The molecule has 0 bridgehead atoms. The first-order chi connectivity index (χ1) is 14.9. The van der Waals surface area contributed by atoms with E-state index in [4.69, 9.17) is 0 Å². The van der Waals surface area contributed by atoms with E-state index in [0.717, 1.165) is 10.5 Å². The highest BCUT2D eigenvalue weighted by Crippen LogP contribution is 2.23. The van der Waals surface area contributed by atoms with Crippen LogP contribution in [0.3, 0.4) is 0 Å². The van der Waals surface area contributed by atoms with E-state index in [1.54, 1.807) is 35.2 Å². The fourth-order valence-electron chi connectivity index (χ4n) is 4.14. The van der Waals surface area contributed by atoms with Crippen molar-refractivity contribution in [2.45, 2.75) is 32.2 Å². The highest BCUT2D eigenvalue weighted by molar-refractivity contribution is 6.21. The van der Waals surface area contributed by atoms with Gasteiger partial charge in [-0.3, -0.25) is 24.1 Å². The van der Waals surface area contributed by atoms with Gasteiger partial charge in [0.25, 0.3) is 17.7 Å². The average Bonchev–Trinajstić information content (AvgIpc) is 3.02. The molecule has 2 aromatic carbocycles. The fourth-order valence-corrected chi connectivity index (χ4v) is 4.14. The Kier molecular flexibility index (Phi) is 5.84. The van der Waals surface area contributed by atoms with Gasteiger partial charge in [0.15, 0.2) is 0 Å². The van der Waals surface area contributed by atoms with E-state index in [9.17, 15) is 19.2 Å². The lowest BCUT2D eigenvalue weighted by Crippen LogP contribution is -2.47. The lowest BCUT2D eigenvalue weighted by Gasteiger charge is -2.32. The summed E-state index contributed by atoms with van der Waals surface area (Å²) in [5.74, 6) is -0.865. The first-order valence-corrected chi connectivity index (χ1v) is 10.5. The van der Waals surface area contributed by atoms with Crippen molar-refractivity contribution in [1.82, 2.24) is 15.1 Å². The number of nitrogens with one attached hydrogen (secondary N) is 1. The van der Waals surface area contributed by atoms with Gasteiger partial charge < -0.3 is 10.2 Å². The van der Waals surface area contributed by atoms with Gasteiger partial charge in [-0.05, 0) is 44.0 Å². The number of imide groups is 1. The van der Waals surface area contributed by atoms with Crippen LogP contribution in [0.25, 0.3) is 0 Å². The number of rotatable bonds is 5. The van der Waals surface area contributed by atoms with Gasteiger partial charge in [0.2, 0.25) is 5.91 Å². The van der Waals surface area contributed by atoms with Crippen molar-refractivity contribution in [3.63, 3.8) is 0 Å². The van der Waals surface area contributed by atoms with Gasteiger partial charge >= 0.3 is 0 Å². The number of amides is 4. The molecule has 160 valence electrons. The molecule has 4 amide bonds. The summed E-state index contributed by atoms with van der Waals surface area (Å²) < 4.78 is 0. The van der Waals surface area contributed by atoms with Crippen molar-refractivity contribution in [2.24, 2.45) is 0 Å². The monoisotopic (exact) mass is 419 g/mol. The Labute approximate surface area is 181 Å². The van der Waals surface area contributed by atoms with Crippen molar-refractivity contribution in [1.29, 1.82) is 0 Å². The molecule has 0 saturated carbocycles. The minimum absolute atomic E-state index is 0.0216. The van der Waals surface area contributed by atoms with Gasteiger partial charge in [-0.25, -0.2) is 0 Å². The van der Waals surface area contributed by atoms with Gasteiger partial charge in [-0.1, -0.05) is 29.8 Å². The van der Waals surface area contributed by atoms with Crippen LogP contribution < -0.4 is 5.32 Å². The summed E-state index contributed by atoms with van der Waals surface area (Å²) >= 11 is 0. The van der Waals surface area contributed by atoms with Crippen molar-refractivity contribution >= 4 is 23.6 Å². The average molecular weight is 419 g/mol. The number of aryl methyl sites for hydroxylation is 1. The van der Waals surface area contributed by atoms with Crippen LogP contribution in [0.15, 0.2) is 48.5 Å². The van der Waals surface area contributed by atoms with E-state index in [2.05, 4.69) is 5.32 Å². The zero-order valence-electron chi connectivity index (χ0n) is 17.5. The summed E-state index contributed by atoms with van der Waals surface area (Å²) in [5, 5.41) is 3.05. The van der Waals surface area contributed by atoms with E-state index < -0.39 is 0 Å². The minimum Gasteiger partial charge on any atom is -0.349 e. The highest BCUT2D eigenvalue weighted by atomic mass is 16.2. The molecule has 2 aromatic rings. The molecular weight excluding hydrogens is 394 g/mol. The summed E-state index contributed by atoms with van der Waals surface area (Å²) in [6.07, 6.45) is 1.46. The normalized spacial score (nSPS) is 16.4. The van der Waals surface area contributed by atoms with E-state index >= 15 is 0 Å². The Morgan fingerprint density at radius 2 is 1.61 bits per heavy atom. The standard InChI is InChI=1S/C24H25N3O4/c1-16-5-4-6-17(15-16)22(29)25-18-9-12-26(13-10-18)21(28)11-14-27-23(30)19-7-2-3-8-20(19)24(27)31/h2-8,15,18H,9-14H2,1H3,(H,25,29). The van der Waals surface area contributed by atoms with E-state index in [1.807, 2.05) is 25.1 Å². The van der Waals surface area contributed by atoms with Crippen LogP contribution in [-0.4, -0.2) is 59.1 Å². The lowest BCUT2D eigenvalue weighted by atomic mass is 10.0. The molecular formula is C24H25N3O4. The minimum atomic E-state index is -0.342. The van der Waals surface area contributed by atoms with Crippen LogP contribution >= 0.6 is 0 Å². The molecule has 31 heavy (non-hydrogen) atoms. The second-order valence-corrected chi connectivity index (χ2v) is 8.06. The molecule has 0 aliphatic carbocycles. The van der Waals surface area contributed by atoms with Crippen molar-refractivity contribution in [2.75, 3.05) is 19.6 Å². The van der Waals surface area contributed by atoms with Crippen molar-refractivity contribution in [3.05, 3.63) is 70.8 Å². The number of hydrogen-bond donors (Lipinski definition) is 1. The molecule has 0 aromatic heterocycles. The number of carbonyl (C=O) groups is 4. The van der Waals surface area contributed by atoms with E-state index in [0.29, 0.717) is 42.6 Å². The van der Waals surface area contributed by atoms with Crippen LogP contribution in [-0.2, 0) is 4.79 Å². The molecule has 7 heteroatoms. The first-order valence-electron chi connectivity index (χ1n) is 10.5. The van der Waals surface area contributed by atoms with Crippen molar-refractivity contribution < 1.29 is 19.2 Å². The third-order valence-corrected chi connectivity index (χ3v) is 5.89. The van der Waals surface area contributed by atoms with Crippen LogP contribution in [0.5, 0.6) is 0 Å². The van der Waals surface area contributed by atoms with Crippen LogP contribution in [0.4, 0.5) is 0 Å². The quantitative estimate of drug-likeness (QED) is 0.754. The summed E-state index contributed by atoms with van der Waals surface area (Å²) in [6.45, 7) is 3.11. The number of likely N-dealkylation sites (tertiary alicyclic amines) is 1. The van der Waals surface area contributed by atoms with Crippen LogP contribution in [0.2, 0.25) is 0 Å². The summed E-state index contributed by atoms with van der Waals surface area (Å²) in [4.78, 5) is 52.8. The molecule has 0 unspecified atom stereocenters. The molecule has 1 N–H and O–H groups in total. The Hall–Kier alpha value is -3.48. The van der Waals surface area contributed by atoms with Crippen molar-refractivity contribution in [3.8, 4) is 0 Å². The maximum absolute atomic E-state index is 12.6. The smallest absolute Gasteiger partial charge is 0.261 e. The van der Waals surface area contributed by atoms with Gasteiger partial charge in [0.1, 0.15) is 0 Å². The molecule has 1 saturated heterocycles. The fraction of sp³-hybridized carbons (Fsp3) is 0.333. The molecule has 2 aliphatic rings. The predicted molar refractivity (Wildman–Crippen MR) is 115 cm³/mol. The number of nitrogens with zero attached hydrogens (tertiary/aromatic N) is 2. The molecule has 4 rings (SSSR count). The molecule has 7 nitrogen and oxygen atoms in total. The molecule has 2 heterocycles. The Balaban J connectivity index is 1.25. The highest BCUT2D eigenvalue weighted by Gasteiger charge is 2.35. The summed E-state index contributed by atoms with van der Waals surface area (Å²) in [6, 6.07) is 14.2. The number of piperidine rings is 1. The summed E-state index contributed by atoms with van der Waals surface area (Å²) in [5.41, 5.74) is 2.46. The third-order valence-electron chi connectivity index (χ3n) is 5.89. The molecule has 2 aliphatic heterocycles. The second kappa shape index (κ2) is 8.71. The Morgan fingerprint density at radius 3 is 2.23 bits per heavy atom. The van der Waals surface area contributed by atoms with Crippen LogP contribution in [0, 0.1) is 6.92 Å². The SMILES string of the molecule is Cc1cccc(C(=O)NC2CCN(C(=O)CCN3C(=O)c4ccccc4C3=O)CC2)c1. The van der Waals surface area contributed by atoms with Gasteiger partial charge in [0, 0.05) is 37.7 Å². The molecule has 1 fully saturated rings. The van der Waals surface area contributed by atoms with Crippen LogP contribution in [0.1, 0.15) is 55.9 Å². The maximum Gasteiger partial charge on any atom is 0.261 e. The molecule has 0 spiro atoms. The van der Waals surface area contributed by atoms with E-state index in [-0.39, 0.29) is 42.6 Å². The Morgan fingerprint density at radius 1 is 0.968 bits per heavy atom. The second-order valence-electron chi connectivity index (χ2n) is 8.06. The van der Waals surface area contributed by atoms with Gasteiger partial charge in [-0.15, -0.1) is 0 Å². The topological polar surface area (TPSA) is 86.8 Å². The number of benzene rings is 2. The van der Waals surface area contributed by atoms with Gasteiger partial charge in [-0.2, -0.15) is 0 Å².